The van der Waals surface area contributed by atoms with E-state index < -0.39 is 0 Å². The molecule has 3 heteroatoms. The van der Waals surface area contributed by atoms with Crippen LogP contribution < -0.4 is 4.74 Å². The molecule has 4 atom stereocenters. The topological polar surface area (TPSA) is 38.7 Å². The Morgan fingerprint density at radius 1 is 1.26 bits per heavy atom. The Morgan fingerprint density at radius 3 is 2.89 bits per heavy atom. The maximum Gasteiger partial charge on any atom is 0.122 e. The lowest BCUT2D eigenvalue weighted by Gasteiger charge is -2.29. The Hall–Kier alpha value is -1.06. The molecule has 0 bridgehead atoms. The smallest absolute Gasteiger partial charge is 0.122 e. The van der Waals surface area contributed by atoms with Gasteiger partial charge in [-0.05, 0) is 50.2 Å². The molecule has 0 aliphatic carbocycles. The van der Waals surface area contributed by atoms with E-state index in [0.717, 1.165) is 38.0 Å². The lowest BCUT2D eigenvalue weighted by atomic mass is 9.87. The number of rotatable bonds is 3. The van der Waals surface area contributed by atoms with Crippen LogP contribution in [-0.4, -0.2) is 30.0 Å². The van der Waals surface area contributed by atoms with Crippen molar-refractivity contribution in [1.29, 1.82) is 0 Å². The molecule has 3 rings (SSSR count). The molecular formula is C16H22O3. The first-order valence-electron chi connectivity index (χ1n) is 7.29. The summed E-state index contributed by atoms with van der Waals surface area (Å²) >= 11 is 0. The van der Waals surface area contributed by atoms with Gasteiger partial charge in [0.05, 0.1) is 24.9 Å². The summed E-state index contributed by atoms with van der Waals surface area (Å²) in [5.74, 6) is 1.37. The van der Waals surface area contributed by atoms with Crippen LogP contribution >= 0.6 is 0 Å². The van der Waals surface area contributed by atoms with Crippen LogP contribution in [0.4, 0.5) is 0 Å². The fourth-order valence-electron chi connectivity index (χ4n) is 3.22. The molecule has 104 valence electrons. The molecule has 1 aromatic carbocycles. The van der Waals surface area contributed by atoms with Gasteiger partial charge >= 0.3 is 0 Å². The molecule has 0 saturated carbocycles. The van der Waals surface area contributed by atoms with Crippen molar-refractivity contribution in [2.75, 3.05) is 6.61 Å². The molecule has 2 heterocycles. The Balaban J connectivity index is 1.67. The summed E-state index contributed by atoms with van der Waals surface area (Å²) in [5, 5.41) is 10.4. The zero-order valence-electron chi connectivity index (χ0n) is 11.4. The summed E-state index contributed by atoms with van der Waals surface area (Å²) < 4.78 is 11.4. The number of benzene rings is 1. The lowest BCUT2D eigenvalue weighted by molar-refractivity contribution is -0.0351. The quantitative estimate of drug-likeness (QED) is 0.910. The monoisotopic (exact) mass is 262 g/mol. The number of fused-ring (bicyclic) bond motifs is 1. The average Bonchev–Trinajstić information content (AvgIpc) is 2.86. The molecule has 0 amide bonds. The lowest BCUT2D eigenvalue weighted by Crippen LogP contribution is -2.29. The number of hydrogen-bond donors (Lipinski definition) is 1. The minimum atomic E-state index is -0.360. The van der Waals surface area contributed by atoms with Gasteiger partial charge in [0.2, 0.25) is 0 Å². The number of ether oxygens (including phenoxy) is 2. The minimum absolute atomic E-state index is 0.0185. The largest absolute Gasteiger partial charge is 0.493 e. The van der Waals surface area contributed by atoms with Gasteiger partial charge in [-0.2, -0.15) is 0 Å². The third kappa shape index (κ3) is 2.77. The first-order valence-corrected chi connectivity index (χ1v) is 7.29. The molecule has 2 aliphatic heterocycles. The number of para-hydroxylation sites is 1. The van der Waals surface area contributed by atoms with E-state index in [1.165, 1.54) is 5.56 Å². The zero-order valence-corrected chi connectivity index (χ0v) is 11.4. The third-order valence-corrected chi connectivity index (χ3v) is 4.30. The molecule has 1 fully saturated rings. The van der Waals surface area contributed by atoms with E-state index in [-0.39, 0.29) is 12.2 Å². The van der Waals surface area contributed by atoms with E-state index in [9.17, 15) is 5.11 Å². The molecule has 0 spiro atoms. The maximum absolute atomic E-state index is 10.4. The summed E-state index contributed by atoms with van der Waals surface area (Å²) in [4.78, 5) is 0. The molecule has 19 heavy (non-hydrogen) atoms. The van der Waals surface area contributed by atoms with Gasteiger partial charge in [0.15, 0.2) is 0 Å². The normalized spacial score (nSPS) is 31.6. The molecular weight excluding hydrogens is 240 g/mol. The summed E-state index contributed by atoms with van der Waals surface area (Å²) in [5.41, 5.74) is 1.24. The number of aliphatic hydroxyl groups is 1. The van der Waals surface area contributed by atoms with Crippen LogP contribution in [0.5, 0.6) is 5.75 Å². The molecule has 1 N–H and O–H groups in total. The van der Waals surface area contributed by atoms with Crippen LogP contribution in [0, 0.1) is 0 Å². The van der Waals surface area contributed by atoms with Gasteiger partial charge in [0.1, 0.15) is 5.75 Å². The van der Waals surface area contributed by atoms with Crippen LogP contribution in [0.1, 0.15) is 44.1 Å². The third-order valence-electron chi connectivity index (χ3n) is 4.30. The summed E-state index contributed by atoms with van der Waals surface area (Å²) in [7, 11) is 0. The Bertz CT molecular complexity index is 432. The molecule has 3 nitrogen and oxygen atoms in total. The van der Waals surface area contributed by atoms with Gasteiger partial charge < -0.3 is 14.6 Å². The van der Waals surface area contributed by atoms with Gasteiger partial charge in [0, 0.05) is 0 Å². The highest BCUT2D eigenvalue weighted by Gasteiger charge is 2.31. The SMILES string of the molecule is CC1CCC(C(O)CC2CCOc3ccccc32)O1. The van der Waals surface area contributed by atoms with Crippen LogP contribution in [0.2, 0.25) is 0 Å². The standard InChI is InChI=1S/C16H22O3/c1-11-6-7-16(19-11)14(17)10-12-8-9-18-15-5-3-2-4-13(12)15/h2-5,11-12,14,16-17H,6-10H2,1H3. The fraction of sp³-hybridized carbons (Fsp3) is 0.625. The second-order valence-corrected chi connectivity index (χ2v) is 5.74. The number of hydrogen-bond acceptors (Lipinski definition) is 3. The second-order valence-electron chi connectivity index (χ2n) is 5.74. The van der Waals surface area contributed by atoms with Crippen molar-refractivity contribution in [1.82, 2.24) is 0 Å². The van der Waals surface area contributed by atoms with Crippen molar-refractivity contribution in [3.63, 3.8) is 0 Å². The molecule has 4 unspecified atom stereocenters. The molecule has 1 aromatic rings. The van der Waals surface area contributed by atoms with E-state index in [0.29, 0.717) is 12.0 Å². The van der Waals surface area contributed by atoms with E-state index >= 15 is 0 Å². The zero-order chi connectivity index (χ0) is 13.2. The highest BCUT2D eigenvalue weighted by atomic mass is 16.5. The van der Waals surface area contributed by atoms with Crippen LogP contribution in [0.3, 0.4) is 0 Å². The Kier molecular flexibility index (Phi) is 3.76. The predicted molar refractivity (Wildman–Crippen MR) is 73.5 cm³/mol. The van der Waals surface area contributed by atoms with Gasteiger partial charge in [0.25, 0.3) is 0 Å². The van der Waals surface area contributed by atoms with Gasteiger partial charge in [-0.15, -0.1) is 0 Å². The van der Waals surface area contributed by atoms with Crippen molar-refractivity contribution in [3.05, 3.63) is 29.8 Å². The maximum atomic E-state index is 10.4. The van der Waals surface area contributed by atoms with Crippen LogP contribution in [0.25, 0.3) is 0 Å². The second kappa shape index (κ2) is 5.51. The van der Waals surface area contributed by atoms with E-state index in [2.05, 4.69) is 13.0 Å². The van der Waals surface area contributed by atoms with Crippen molar-refractivity contribution >= 4 is 0 Å². The van der Waals surface area contributed by atoms with Crippen molar-refractivity contribution < 1.29 is 14.6 Å². The Morgan fingerprint density at radius 2 is 2.11 bits per heavy atom. The molecule has 2 aliphatic rings. The van der Waals surface area contributed by atoms with Gasteiger partial charge in [-0.3, -0.25) is 0 Å². The summed E-state index contributed by atoms with van der Waals surface area (Å²) in [6, 6.07) is 8.17. The highest BCUT2D eigenvalue weighted by molar-refractivity contribution is 5.37. The Labute approximate surface area is 114 Å². The molecule has 0 aromatic heterocycles. The fourth-order valence-corrected chi connectivity index (χ4v) is 3.22. The van der Waals surface area contributed by atoms with Crippen molar-refractivity contribution in [2.24, 2.45) is 0 Å². The van der Waals surface area contributed by atoms with Crippen LogP contribution in [0.15, 0.2) is 24.3 Å². The van der Waals surface area contributed by atoms with Crippen molar-refractivity contribution in [2.45, 2.75) is 56.8 Å². The van der Waals surface area contributed by atoms with E-state index in [1.54, 1.807) is 0 Å². The number of aliphatic hydroxyl groups excluding tert-OH is 1. The van der Waals surface area contributed by atoms with Crippen LogP contribution in [-0.2, 0) is 4.74 Å². The molecule has 1 saturated heterocycles. The summed E-state index contributed by atoms with van der Waals surface area (Å²) in [6.45, 7) is 2.83. The van der Waals surface area contributed by atoms with Crippen molar-refractivity contribution in [3.8, 4) is 5.75 Å². The first kappa shape index (κ1) is 12.9. The predicted octanol–water partition coefficient (Wildman–Crippen LogP) is 2.87. The van der Waals surface area contributed by atoms with E-state index in [1.807, 2.05) is 18.2 Å². The van der Waals surface area contributed by atoms with Gasteiger partial charge in [-0.25, -0.2) is 0 Å². The highest BCUT2D eigenvalue weighted by Crippen LogP contribution is 2.37. The average molecular weight is 262 g/mol. The summed E-state index contributed by atoms with van der Waals surface area (Å²) in [6.07, 6.45) is 3.75. The van der Waals surface area contributed by atoms with E-state index in [4.69, 9.17) is 9.47 Å². The first-order chi connectivity index (χ1) is 9.24. The van der Waals surface area contributed by atoms with Gasteiger partial charge in [-0.1, -0.05) is 18.2 Å². The minimum Gasteiger partial charge on any atom is -0.493 e. The molecule has 0 radical (unpaired) electrons.